The Bertz CT molecular complexity index is 949. The lowest BCUT2D eigenvalue weighted by atomic mass is 9.94. The summed E-state index contributed by atoms with van der Waals surface area (Å²) < 4.78 is 7.60. The summed E-state index contributed by atoms with van der Waals surface area (Å²) in [5.41, 5.74) is 1.14. The Balaban J connectivity index is 1.55. The van der Waals surface area contributed by atoms with Gasteiger partial charge in [-0.15, -0.1) is 10.2 Å². The van der Waals surface area contributed by atoms with Crippen molar-refractivity contribution in [1.82, 2.24) is 19.7 Å². The molecule has 0 radical (unpaired) electrons. The van der Waals surface area contributed by atoms with E-state index in [0.29, 0.717) is 24.2 Å². The molecular formula is C23H28N4O2S. The third-order valence-electron chi connectivity index (χ3n) is 5.74. The molecule has 6 nitrogen and oxygen atoms in total. The molecule has 0 N–H and O–H groups in total. The fourth-order valence-corrected chi connectivity index (χ4v) is 4.97. The van der Waals surface area contributed by atoms with Gasteiger partial charge in [0, 0.05) is 13.1 Å². The highest BCUT2D eigenvalue weighted by molar-refractivity contribution is 8.00. The Hall–Kier alpha value is -2.54. The van der Waals surface area contributed by atoms with Crippen LogP contribution in [0.3, 0.4) is 0 Å². The van der Waals surface area contributed by atoms with Gasteiger partial charge in [0.1, 0.15) is 0 Å². The highest BCUT2D eigenvalue weighted by Gasteiger charge is 2.28. The van der Waals surface area contributed by atoms with Crippen molar-refractivity contribution in [2.45, 2.75) is 62.0 Å². The van der Waals surface area contributed by atoms with Crippen LogP contribution in [0.2, 0.25) is 0 Å². The minimum absolute atomic E-state index is 0.153. The van der Waals surface area contributed by atoms with Crippen LogP contribution in [-0.2, 0) is 11.3 Å². The van der Waals surface area contributed by atoms with E-state index >= 15 is 0 Å². The zero-order valence-corrected chi connectivity index (χ0v) is 18.3. The molecule has 3 aromatic rings. The van der Waals surface area contributed by atoms with Crippen LogP contribution in [0.15, 0.2) is 58.3 Å². The van der Waals surface area contributed by atoms with Crippen molar-refractivity contribution in [3.05, 3.63) is 54.3 Å². The topological polar surface area (TPSA) is 64.2 Å². The highest BCUT2D eigenvalue weighted by Crippen LogP contribution is 2.30. The average Bonchev–Trinajstić information content (AvgIpc) is 3.44. The van der Waals surface area contributed by atoms with Crippen LogP contribution in [-0.4, -0.2) is 43.9 Å². The lowest BCUT2D eigenvalue weighted by Gasteiger charge is -2.32. The zero-order chi connectivity index (χ0) is 20.9. The molecule has 0 saturated heterocycles. The summed E-state index contributed by atoms with van der Waals surface area (Å²) in [6, 6.07) is 14.3. The first kappa shape index (κ1) is 20.7. The summed E-state index contributed by atoms with van der Waals surface area (Å²) in [5, 5.41) is 9.27. The fourth-order valence-electron chi connectivity index (χ4n) is 4.02. The zero-order valence-electron chi connectivity index (χ0n) is 17.5. The van der Waals surface area contributed by atoms with E-state index in [1.165, 1.54) is 31.0 Å². The minimum Gasteiger partial charge on any atom is -0.461 e. The summed E-state index contributed by atoms with van der Waals surface area (Å²) in [6.07, 6.45) is 7.54. The first-order chi connectivity index (χ1) is 14.6. The van der Waals surface area contributed by atoms with Crippen LogP contribution in [0.1, 0.15) is 44.6 Å². The van der Waals surface area contributed by atoms with E-state index in [-0.39, 0.29) is 11.2 Å². The summed E-state index contributed by atoms with van der Waals surface area (Å²) >= 11 is 1.46. The highest BCUT2D eigenvalue weighted by atomic mass is 32.2. The molecule has 1 aliphatic carbocycles. The number of carbonyl (C=O) groups is 1. The van der Waals surface area contributed by atoms with Gasteiger partial charge < -0.3 is 9.32 Å². The van der Waals surface area contributed by atoms with Crippen LogP contribution >= 0.6 is 11.8 Å². The first-order valence-electron chi connectivity index (χ1n) is 10.6. The number of benzene rings is 1. The second-order valence-corrected chi connectivity index (χ2v) is 9.16. The minimum atomic E-state index is -0.236. The Labute approximate surface area is 181 Å². The number of hydrogen-bond donors (Lipinski definition) is 0. The third kappa shape index (κ3) is 4.61. The predicted molar refractivity (Wildman–Crippen MR) is 118 cm³/mol. The van der Waals surface area contributed by atoms with Crippen LogP contribution in [0.4, 0.5) is 0 Å². The molecule has 4 rings (SSSR count). The van der Waals surface area contributed by atoms with Gasteiger partial charge in [-0.2, -0.15) is 0 Å². The van der Waals surface area contributed by atoms with Gasteiger partial charge in [0.2, 0.25) is 11.7 Å². The van der Waals surface area contributed by atoms with Crippen molar-refractivity contribution >= 4 is 17.7 Å². The Morgan fingerprint density at radius 1 is 1.17 bits per heavy atom. The number of rotatable bonds is 7. The maximum absolute atomic E-state index is 13.1. The molecule has 2 aromatic heterocycles. The van der Waals surface area contributed by atoms with Gasteiger partial charge in [-0.1, -0.05) is 61.4 Å². The van der Waals surface area contributed by atoms with Gasteiger partial charge in [-0.25, -0.2) is 0 Å². The second-order valence-electron chi connectivity index (χ2n) is 7.86. The number of nitrogens with zero attached hydrogens (tertiary/aromatic N) is 4. The van der Waals surface area contributed by atoms with Gasteiger partial charge in [0.05, 0.1) is 18.1 Å². The van der Waals surface area contributed by atoms with Crippen molar-refractivity contribution < 1.29 is 9.21 Å². The van der Waals surface area contributed by atoms with Crippen molar-refractivity contribution in [1.29, 1.82) is 0 Å². The van der Waals surface area contributed by atoms with E-state index < -0.39 is 0 Å². The molecule has 0 spiro atoms. The van der Waals surface area contributed by atoms with Crippen molar-refractivity contribution in [3.63, 3.8) is 0 Å². The molecule has 0 aliphatic heterocycles. The average molecular weight is 425 g/mol. The lowest BCUT2D eigenvalue weighted by molar-refractivity contribution is -0.131. The van der Waals surface area contributed by atoms with E-state index in [1.54, 1.807) is 6.26 Å². The van der Waals surface area contributed by atoms with Gasteiger partial charge in [-0.3, -0.25) is 9.36 Å². The van der Waals surface area contributed by atoms with Crippen LogP contribution in [0.5, 0.6) is 0 Å². The van der Waals surface area contributed by atoms with E-state index in [4.69, 9.17) is 4.42 Å². The predicted octanol–water partition coefficient (Wildman–Crippen LogP) is 4.86. The molecule has 0 bridgehead atoms. The molecule has 1 amide bonds. The molecule has 1 aromatic carbocycles. The van der Waals surface area contributed by atoms with Gasteiger partial charge in [0.15, 0.2) is 10.9 Å². The SMILES string of the molecule is C[C@H](Sc1nnc(-c2ccco2)n1Cc1ccccc1)C(=O)N(C)C1CCCCC1. The molecule has 7 heteroatoms. The van der Waals surface area contributed by atoms with Crippen molar-refractivity contribution in [2.75, 3.05) is 7.05 Å². The summed E-state index contributed by atoms with van der Waals surface area (Å²) in [4.78, 5) is 15.0. The van der Waals surface area contributed by atoms with E-state index in [0.717, 1.165) is 23.6 Å². The number of carbonyl (C=O) groups excluding carboxylic acids is 1. The number of amides is 1. The lowest BCUT2D eigenvalue weighted by Crippen LogP contribution is -2.42. The second kappa shape index (κ2) is 9.51. The first-order valence-corrected chi connectivity index (χ1v) is 11.5. The Morgan fingerprint density at radius 2 is 1.93 bits per heavy atom. The van der Waals surface area contributed by atoms with Gasteiger partial charge in [0.25, 0.3) is 0 Å². The summed E-state index contributed by atoms with van der Waals surface area (Å²) in [5.74, 6) is 1.50. The van der Waals surface area contributed by atoms with Gasteiger partial charge >= 0.3 is 0 Å². The molecule has 1 aliphatic rings. The molecular weight excluding hydrogens is 396 g/mol. The van der Waals surface area contributed by atoms with E-state index in [9.17, 15) is 4.79 Å². The molecule has 1 fully saturated rings. The Kier molecular flexibility index (Phi) is 6.57. The summed E-state index contributed by atoms with van der Waals surface area (Å²) in [7, 11) is 1.94. The van der Waals surface area contributed by atoms with Crippen molar-refractivity contribution in [2.24, 2.45) is 0 Å². The van der Waals surface area contributed by atoms with E-state index in [1.807, 2.05) is 53.8 Å². The molecule has 0 unspecified atom stereocenters. The molecule has 30 heavy (non-hydrogen) atoms. The molecule has 1 saturated carbocycles. The quantitative estimate of drug-likeness (QED) is 0.507. The number of furan rings is 1. The largest absolute Gasteiger partial charge is 0.461 e. The third-order valence-corrected chi connectivity index (χ3v) is 6.81. The number of thioether (sulfide) groups is 1. The van der Waals surface area contributed by atoms with Crippen LogP contribution in [0.25, 0.3) is 11.6 Å². The fraction of sp³-hybridized carbons (Fsp3) is 0.435. The Morgan fingerprint density at radius 3 is 2.63 bits per heavy atom. The number of hydrogen-bond acceptors (Lipinski definition) is 5. The number of aromatic nitrogens is 3. The normalized spacial score (nSPS) is 15.8. The maximum atomic E-state index is 13.1. The maximum Gasteiger partial charge on any atom is 0.235 e. The molecule has 2 heterocycles. The molecule has 1 atom stereocenters. The van der Waals surface area contributed by atoms with Crippen molar-refractivity contribution in [3.8, 4) is 11.6 Å². The van der Waals surface area contributed by atoms with Crippen LogP contribution in [0, 0.1) is 0 Å². The standard InChI is InChI=1S/C23H28N4O2S/c1-17(22(28)26(2)19-12-7-4-8-13-19)30-23-25-24-21(20-14-9-15-29-20)27(23)16-18-10-5-3-6-11-18/h3,5-6,9-11,14-15,17,19H,4,7-8,12-13,16H2,1-2H3/t17-/m0/s1. The van der Waals surface area contributed by atoms with E-state index in [2.05, 4.69) is 22.3 Å². The van der Waals surface area contributed by atoms with Crippen LogP contribution < -0.4 is 0 Å². The molecule has 158 valence electrons. The van der Waals surface area contributed by atoms with Gasteiger partial charge in [-0.05, 0) is 37.5 Å². The smallest absolute Gasteiger partial charge is 0.235 e. The monoisotopic (exact) mass is 424 g/mol. The summed E-state index contributed by atoms with van der Waals surface area (Å²) in [6.45, 7) is 2.58.